The number of hydrogen-bond donors (Lipinski definition) is 2. The number of benzene rings is 2. The number of aromatic amines is 1. The molecule has 0 amide bonds. The normalized spacial score (nSPS) is 13.9. The Morgan fingerprint density at radius 3 is 2.47 bits per heavy atom. The molecule has 0 saturated heterocycles. The third kappa shape index (κ3) is 3.90. The number of hydrogen-bond acceptors (Lipinski definition) is 4. The smallest absolute Gasteiger partial charge is 0.262 e. The highest BCUT2D eigenvalue weighted by Crippen LogP contribution is 2.33. The van der Waals surface area contributed by atoms with Crippen molar-refractivity contribution in [2.75, 3.05) is 22.7 Å². The molecule has 3 aromatic rings. The zero-order chi connectivity index (χ0) is 23.0. The van der Waals surface area contributed by atoms with Gasteiger partial charge in [0, 0.05) is 47.4 Å². The van der Waals surface area contributed by atoms with Crippen molar-refractivity contribution in [3.05, 3.63) is 52.7 Å². The summed E-state index contributed by atoms with van der Waals surface area (Å²) in [6.45, 7) is 9.84. The summed E-state index contributed by atoms with van der Waals surface area (Å²) in [4.78, 5) is 18.3. The third-order valence-corrected chi connectivity index (χ3v) is 7.87. The van der Waals surface area contributed by atoms with E-state index in [0.29, 0.717) is 29.6 Å². The van der Waals surface area contributed by atoms with E-state index in [1.165, 1.54) is 0 Å². The van der Waals surface area contributed by atoms with Crippen molar-refractivity contribution in [3.63, 3.8) is 0 Å². The van der Waals surface area contributed by atoms with E-state index in [-0.39, 0.29) is 10.7 Å². The summed E-state index contributed by atoms with van der Waals surface area (Å²) in [6.07, 6.45) is 2.75. The highest BCUT2D eigenvalue weighted by molar-refractivity contribution is 7.92. The van der Waals surface area contributed by atoms with Gasteiger partial charge in [0.05, 0.1) is 10.6 Å². The fourth-order valence-electron chi connectivity index (χ4n) is 4.65. The van der Waals surface area contributed by atoms with E-state index >= 15 is 0 Å². The first kappa shape index (κ1) is 22.4. The number of aryl methyl sites for hydroxylation is 3. The first-order valence-corrected chi connectivity index (χ1v) is 12.9. The highest BCUT2D eigenvalue weighted by atomic mass is 32.2. The lowest BCUT2D eigenvalue weighted by Crippen LogP contribution is -2.22. The van der Waals surface area contributed by atoms with Gasteiger partial charge in [-0.2, -0.15) is 0 Å². The summed E-state index contributed by atoms with van der Waals surface area (Å²) in [6, 6.07) is 9.35. The standard InChI is InChI=1S/C25H31N3O3S/c1-5-17-14-19-22(26-21-9-8-10-23(29)25(19)21)15-24(17)32(30,31)27-20-12-11-18(13-16(20)4)28(6-2)7-3/h11-15,26-27H,5-10H2,1-4H3. The summed E-state index contributed by atoms with van der Waals surface area (Å²) in [5, 5.41) is 0.834. The van der Waals surface area contributed by atoms with Gasteiger partial charge < -0.3 is 9.88 Å². The van der Waals surface area contributed by atoms with Crippen LogP contribution < -0.4 is 9.62 Å². The van der Waals surface area contributed by atoms with Crippen LogP contribution in [0.25, 0.3) is 10.9 Å². The lowest BCUT2D eigenvalue weighted by atomic mass is 9.94. The Kier molecular flexibility index (Phi) is 6.03. The number of Topliss-reactive ketones (excluding diaryl/α,β-unsaturated/α-hetero) is 1. The maximum atomic E-state index is 13.4. The molecule has 2 N–H and O–H groups in total. The first-order valence-electron chi connectivity index (χ1n) is 11.4. The van der Waals surface area contributed by atoms with Crippen molar-refractivity contribution in [1.29, 1.82) is 0 Å². The van der Waals surface area contributed by atoms with Crippen LogP contribution in [0.1, 0.15) is 60.8 Å². The molecule has 2 aromatic carbocycles. The summed E-state index contributed by atoms with van der Waals surface area (Å²) in [5.41, 5.74) is 5.60. The molecule has 0 spiro atoms. The van der Waals surface area contributed by atoms with E-state index in [1.54, 1.807) is 6.07 Å². The number of aromatic nitrogens is 1. The average Bonchev–Trinajstić information content (AvgIpc) is 3.14. The van der Waals surface area contributed by atoms with E-state index in [1.807, 2.05) is 38.1 Å². The van der Waals surface area contributed by atoms with Crippen molar-refractivity contribution < 1.29 is 13.2 Å². The number of carbonyl (C=O) groups is 1. The van der Waals surface area contributed by atoms with Crippen LogP contribution >= 0.6 is 0 Å². The molecule has 0 bridgehead atoms. The van der Waals surface area contributed by atoms with Crippen LogP contribution in [0.2, 0.25) is 0 Å². The summed E-state index contributed by atoms with van der Waals surface area (Å²) < 4.78 is 29.6. The summed E-state index contributed by atoms with van der Waals surface area (Å²) >= 11 is 0. The molecule has 0 aliphatic heterocycles. The van der Waals surface area contributed by atoms with Crippen LogP contribution in [0, 0.1) is 6.92 Å². The number of rotatable bonds is 7. The Bertz CT molecular complexity index is 1290. The number of nitrogens with one attached hydrogen (secondary N) is 2. The van der Waals surface area contributed by atoms with Crippen LogP contribution in [0.5, 0.6) is 0 Å². The second kappa shape index (κ2) is 8.62. The molecular weight excluding hydrogens is 422 g/mol. The maximum Gasteiger partial charge on any atom is 0.262 e. The van der Waals surface area contributed by atoms with Gasteiger partial charge in [0.2, 0.25) is 0 Å². The predicted molar refractivity (Wildman–Crippen MR) is 130 cm³/mol. The van der Waals surface area contributed by atoms with Crippen molar-refractivity contribution in [2.45, 2.75) is 58.3 Å². The number of anilines is 2. The fourth-order valence-corrected chi connectivity index (χ4v) is 6.10. The molecule has 0 atom stereocenters. The SMILES string of the molecule is CCc1cc2c3c([nH]c2cc1S(=O)(=O)Nc1ccc(N(CC)CC)cc1C)CCCC3=O. The van der Waals surface area contributed by atoms with E-state index in [0.717, 1.165) is 53.8 Å². The summed E-state index contributed by atoms with van der Waals surface area (Å²) in [5.74, 6) is 0.136. The molecule has 170 valence electrons. The molecule has 0 unspecified atom stereocenters. The molecule has 0 saturated carbocycles. The van der Waals surface area contributed by atoms with Gasteiger partial charge >= 0.3 is 0 Å². The number of fused-ring (bicyclic) bond motifs is 3. The largest absolute Gasteiger partial charge is 0.372 e. The minimum atomic E-state index is -3.80. The van der Waals surface area contributed by atoms with Crippen LogP contribution in [-0.2, 0) is 22.9 Å². The molecule has 1 aromatic heterocycles. The zero-order valence-electron chi connectivity index (χ0n) is 19.2. The van der Waals surface area contributed by atoms with Crippen molar-refractivity contribution in [2.24, 2.45) is 0 Å². The van der Waals surface area contributed by atoms with Gasteiger partial charge in [-0.3, -0.25) is 9.52 Å². The second-order valence-electron chi connectivity index (χ2n) is 8.39. The Hall–Kier alpha value is -2.80. The first-order chi connectivity index (χ1) is 15.3. The van der Waals surface area contributed by atoms with Gasteiger partial charge in [-0.05, 0) is 81.5 Å². The van der Waals surface area contributed by atoms with E-state index < -0.39 is 10.0 Å². The minimum Gasteiger partial charge on any atom is -0.372 e. The molecule has 7 heteroatoms. The van der Waals surface area contributed by atoms with Crippen molar-refractivity contribution in [3.8, 4) is 0 Å². The number of carbonyl (C=O) groups excluding carboxylic acids is 1. The zero-order valence-corrected chi connectivity index (χ0v) is 20.0. The molecule has 1 aliphatic rings. The number of H-pyrrole nitrogens is 1. The molecular formula is C25H31N3O3S. The van der Waals surface area contributed by atoms with Crippen LogP contribution in [-0.4, -0.2) is 32.3 Å². The molecule has 4 rings (SSSR count). The van der Waals surface area contributed by atoms with Crippen LogP contribution in [0.15, 0.2) is 35.2 Å². The monoisotopic (exact) mass is 453 g/mol. The van der Waals surface area contributed by atoms with Crippen LogP contribution in [0.4, 0.5) is 11.4 Å². The maximum absolute atomic E-state index is 13.4. The molecule has 1 heterocycles. The molecule has 1 aliphatic carbocycles. The number of nitrogens with zero attached hydrogens (tertiary/aromatic N) is 1. The molecule has 0 fully saturated rings. The highest BCUT2D eigenvalue weighted by Gasteiger charge is 2.26. The van der Waals surface area contributed by atoms with Gasteiger partial charge in [-0.1, -0.05) is 6.92 Å². The molecule has 32 heavy (non-hydrogen) atoms. The third-order valence-electron chi connectivity index (χ3n) is 6.42. The topological polar surface area (TPSA) is 82.3 Å². The van der Waals surface area contributed by atoms with E-state index in [9.17, 15) is 13.2 Å². The predicted octanol–water partition coefficient (Wildman–Crippen LogP) is 5.20. The second-order valence-corrected chi connectivity index (χ2v) is 10.0. The fraction of sp³-hybridized carbons (Fsp3) is 0.400. The van der Waals surface area contributed by atoms with E-state index in [2.05, 4.69) is 28.5 Å². The van der Waals surface area contributed by atoms with Gasteiger partial charge in [0.25, 0.3) is 10.0 Å². The van der Waals surface area contributed by atoms with Gasteiger partial charge in [-0.25, -0.2) is 8.42 Å². The Morgan fingerprint density at radius 2 is 1.81 bits per heavy atom. The number of sulfonamides is 1. The lowest BCUT2D eigenvalue weighted by Gasteiger charge is -2.22. The number of ketones is 1. The van der Waals surface area contributed by atoms with Crippen LogP contribution in [0.3, 0.4) is 0 Å². The van der Waals surface area contributed by atoms with Gasteiger partial charge in [0.1, 0.15) is 0 Å². The molecule has 6 nitrogen and oxygen atoms in total. The van der Waals surface area contributed by atoms with Gasteiger partial charge in [0.15, 0.2) is 5.78 Å². The average molecular weight is 454 g/mol. The quantitative estimate of drug-likeness (QED) is 0.515. The minimum absolute atomic E-state index is 0.136. The molecule has 0 radical (unpaired) electrons. The van der Waals surface area contributed by atoms with Gasteiger partial charge in [-0.15, -0.1) is 0 Å². The Labute approximate surface area is 190 Å². The van der Waals surface area contributed by atoms with Crippen molar-refractivity contribution in [1.82, 2.24) is 4.98 Å². The van der Waals surface area contributed by atoms with Crippen molar-refractivity contribution >= 4 is 38.1 Å². The Morgan fingerprint density at radius 1 is 1.06 bits per heavy atom. The Balaban J connectivity index is 1.74. The summed E-state index contributed by atoms with van der Waals surface area (Å²) in [7, 11) is -3.80. The van der Waals surface area contributed by atoms with E-state index in [4.69, 9.17) is 0 Å². The lowest BCUT2D eigenvalue weighted by molar-refractivity contribution is 0.0974.